The number of hydrogen-bond donors (Lipinski definition) is 0. The number of nitrogens with zero attached hydrogens (tertiary/aromatic N) is 3. The standard InChI is InChI=1S/C56H43N3S/c1-4-35(2)34-47(38-20-10-7-11-21-38)58-56(57-36(3)37-18-8-5-6-9-19-37)45-32-33-49(40-23-13-12-22-39(40)45)59-48-27-15-14-24-41(48)44-31-30-43-42-25-16-28-50-53(42)54-46(52(43)55(44)59)26-17-29-51(54)60-50/h5-18,20-35H,4,19H2,1-3H3/b47-34+,57-36?,58-56?. The van der Waals surface area contributed by atoms with Gasteiger partial charge in [0.05, 0.1) is 22.4 Å². The van der Waals surface area contributed by atoms with E-state index < -0.39 is 0 Å². The second-order valence-corrected chi connectivity index (χ2v) is 17.1. The van der Waals surface area contributed by atoms with Gasteiger partial charge in [-0.1, -0.05) is 166 Å². The number of benzene rings is 8. The van der Waals surface area contributed by atoms with Crippen molar-refractivity contribution in [1.82, 2.24) is 4.57 Å². The van der Waals surface area contributed by atoms with Crippen LogP contribution in [0.15, 0.2) is 192 Å². The van der Waals surface area contributed by atoms with Gasteiger partial charge in [0, 0.05) is 53.0 Å². The zero-order valence-electron chi connectivity index (χ0n) is 34.0. The molecule has 0 aliphatic heterocycles. The van der Waals surface area contributed by atoms with E-state index in [0.717, 1.165) is 51.8 Å². The second kappa shape index (κ2) is 14.7. The highest BCUT2D eigenvalue weighted by atomic mass is 32.1. The summed E-state index contributed by atoms with van der Waals surface area (Å²) >= 11 is 1.90. The Kier molecular flexibility index (Phi) is 8.90. The minimum Gasteiger partial charge on any atom is -0.308 e. The number of thiophene rings is 1. The number of allylic oxidation sites excluding steroid dienone is 7. The maximum absolute atomic E-state index is 5.54. The molecule has 1 atom stereocenters. The van der Waals surface area contributed by atoms with Crippen LogP contribution in [0.1, 0.15) is 44.7 Å². The van der Waals surface area contributed by atoms with E-state index in [0.29, 0.717) is 11.8 Å². The first-order valence-corrected chi connectivity index (χ1v) is 21.9. The fourth-order valence-electron chi connectivity index (χ4n) is 9.31. The van der Waals surface area contributed by atoms with E-state index in [9.17, 15) is 0 Å². The van der Waals surface area contributed by atoms with E-state index in [1.807, 2.05) is 11.3 Å². The van der Waals surface area contributed by atoms with Gasteiger partial charge >= 0.3 is 0 Å². The van der Waals surface area contributed by atoms with Crippen molar-refractivity contribution in [2.75, 3.05) is 0 Å². The van der Waals surface area contributed by atoms with Crippen LogP contribution in [-0.4, -0.2) is 16.1 Å². The highest BCUT2D eigenvalue weighted by Crippen LogP contribution is 2.48. The molecule has 0 saturated carbocycles. The first kappa shape index (κ1) is 36.2. The van der Waals surface area contributed by atoms with Crippen molar-refractivity contribution >= 4 is 103 Å². The SMILES string of the molecule is CCC(C)/C=C(/N=C(N=C(C)C1=CC=CC=CC1)c1ccc(-n2c3ccccc3c3ccc4c5cccc6sc7cccc(c7c65)c4c32)c2ccccc12)c1ccccc1. The molecule has 10 aromatic rings. The highest BCUT2D eigenvalue weighted by Gasteiger charge is 2.23. The number of hydrogen-bond acceptors (Lipinski definition) is 2. The molecule has 11 rings (SSSR count). The topological polar surface area (TPSA) is 29.6 Å². The van der Waals surface area contributed by atoms with Crippen molar-refractivity contribution in [3.63, 3.8) is 0 Å². The van der Waals surface area contributed by atoms with Gasteiger partial charge in [-0.15, -0.1) is 11.3 Å². The van der Waals surface area contributed by atoms with Crippen molar-refractivity contribution in [3.8, 4) is 5.69 Å². The Balaban J connectivity index is 1.22. The van der Waals surface area contributed by atoms with Gasteiger partial charge in [-0.25, -0.2) is 9.98 Å². The van der Waals surface area contributed by atoms with Gasteiger partial charge < -0.3 is 4.57 Å². The smallest absolute Gasteiger partial charge is 0.160 e. The summed E-state index contributed by atoms with van der Waals surface area (Å²) in [7, 11) is 0. The zero-order chi connectivity index (χ0) is 40.3. The summed E-state index contributed by atoms with van der Waals surface area (Å²) in [6.45, 7) is 6.61. The number of rotatable bonds is 7. The van der Waals surface area contributed by atoms with Gasteiger partial charge in [-0.05, 0) is 82.3 Å². The number of aromatic nitrogens is 1. The normalized spacial score (nSPS) is 14.8. The van der Waals surface area contributed by atoms with Crippen LogP contribution in [-0.2, 0) is 0 Å². The molecule has 0 spiro atoms. The number of aliphatic imine (C=N–C) groups is 2. The van der Waals surface area contributed by atoms with Crippen molar-refractivity contribution in [1.29, 1.82) is 0 Å². The second-order valence-electron chi connectivity index (χ2n) is 16.0. The maximum Gasteiger partial charge on any atom is 0.160 e. The van der Waals surface area contributed by atoms with Crippen LogP contribution in [0.25, 0.3) is 85.7 Å². The van der Waals surface area contributed by atoms with Crippen molar-refractivity contribution < 1.29 is 0 Å². The van der Waals surface area contributed by atoms with Crippen LogP contribution in [0.4, 0.5) is 0 Å². The molecule has 0 radical (unpaired) electrons. The van der Waals surface area contributed by atoms with Crippen molar-refractivity contribution in [3.05, 3.63) is 193 Å². The molecule has 2 aromatic heterocycles. The Labute approximate surface area is 353 Å². The Morgan fingerprint density at radius 2 is 1.32 bits per heavy atom. The molecule has 1 aliphatic carbocycles. The molecule has 1 unspecified atom stereocenters. The largest absolute Gasteiger partial charge is 0.308 e. The van der Waals surface area contributed by atoms with Crippen LogP contribution in [0, 0.1) is 5.92 Å². The van der Waals surface area contributed by atoms with E-state index in [1.165, 1.54) is 69.1 Å². The number of para-hydroxylation sites is 1. The Morgan fingerprint density at radius 3 is 2.13 bits per heavy atom. The summed E-state index contributed by atoms with van der Waals surface area (Å²) in [6.07, 6.45) is 14.8. The van der Waals surface area contributed by atoms with E-state index in [4.69, 9.17) is 9.98 Å². The van der Waals surface area contributed by atoms with E-state index in [1.54, 1.807) is 0 Å². The summed E-state index contributed by atoms with van der Waals surface area (Å²) < 4.78 is 5.21. The van der Waals surface area contributed by atoms with Crippen molar-refractivity contribution in [2.24, 2.45) is 15.9 Å². The first-order valence-electron chi connectivity index (χ1n) is 21.0. The molecular formula is C56H43N3S. The molecule has 0 saturated heterocycles. The summed E-state index contributed by atoms with van der Waals surface area (Å²) in [6, 6.07) is 51.2. The van der Waals surface area contributed by atoms with Crippen LogP contribution in [0.5, 0.6) is 0 Å². The molecule has 3 nitrogen and oxygen atoms in total. The third-order valence-corrected chi connectivity index (χ3v) is 13.5. The Bertz CT molecular complexity index is 3510. The molecule has 4 heteroatoms. The van der Waals surface area contributed by atoms with E-state index in [2.05, 4.69) is 201 Å². The lowest BCUT2D eigenvalue weighted by atomic mass is 9.93. The molecule has 0 bridgehead atoms. The van der Waals surface area contributed by atoms with Crippen LogP contribution in [0.3, 0.4) is 0 Å². The molecule has 288 valence electrons. The average Bonchev–Trinajstić information content (AvgIpc) is 3.71. The van der Waals surface area contributed by atoms with Gasteiger partial charge in [0.25, 0.3) is 0 Å². The fraction of sp³-hybridized carbons (Fsp3) is 0.107. The van der Waals surface area contributed by atoms with Gasteiger partial charge in [-0.2, -0.15) is 0 Å². The predicted molar refractivity (Wildman–Crippen MR) is 262 cm³/mol. The van der Waals surface area contributed by atoms with Gasteiger partial charge in [0.2, 0.25) is 0 Å². The monoisotopic (exact) mass is 789 g/mol. The van der Waals surface area contributed by atoms with Gasteiger partial charge in [0.15, 0.2) is 5.84 Å². The summed E-state index contributed by atoms with van der Waals surface area (Å²) in [5.74, 6) is 1.05. The maximum atomic E-state index is 5.54. The lowest BCUT2D eigenvalue weighted by molar-refractivity contribution is 0.699. The number of amidine groups is 1. The van der Waals surface area contributed by atoms with Gasteiger partial charge in [0.1, 0.15) is 0 Å². The minimum absolute atomic E-state index is 0.346. The summed E-state index contributed by atoms with van der Waals surface area (Å²) in [5, 5.41) is 12.7. The van der Waals surface area contributed by atoms with E-state index in [-0.39, 0.29) is 0 Å². The molecule has 2 heterocycles. The zero-order valence-corrected chi connectivity index (χ0v) is 34.8. The quantitative estimate of drug-likeness (QED) is 0.0874. The van der Waals surface area contributed by atoms with Crippen LogP contribution in [0.2, 0.25) is 0 Å². The Hall–Kier alpha value is -6.88. The Morgan fingerprint density at radius 1 is 0.633 bits per heavy atom. The average molecular weight is 790 g/mol. The summed E-state index contributed by atoms with van der Waals surface area (Å²) in [5.41, 5.74) is 8.71. The van der Waals surface area contributed by atoms with Crippen molar-refractivity contribution in [2.45, 2.75) is 33.6 Å². The first-order chi connectivity index (χ1) is 29.6. The predicted octanol–water partition coefficient (Wildman–Crippen LogP) is 15.8. The molecule has 1 aliphatic rings. The van der Waals surface area contributed by atoms with Gasteiger partial charge in [-0.3, -0.25) is 0 Å². The molecular weight excluding hydrogens is 747 g/mol. The number of fused-ring (bicyclic) bond motifs is 8. The minimum atomic E-state index is 0.346. The van der Waals surface area contributed by atoms with E-state index >= 15 is 0 Å². The third kappa shape index (κ3) is 5.85. The lowest BCUT2D eigenvalue weighted by Gasteiger charge is -2.17. The fourth-order valence-corrected chi connectivity index (χ4v) is 10.5. The highest BCUT2D eigenvalue weighted by molar-refractivity contribution is 7.26. The third-order valence-electron chi connectivity index (χ3n) is 12.4. The lowest BCUT2D eigenvalue weighted by Crippen LogP contribution is -2.07. The molecule has 60 heavy (non-hydrogen) atoms. The van der Waals surface area contributed by atoms with Crippen LogP contribution >= 0.6 is 11.3 Å². The molecule has 0 N–H and O–H groups in total. The molecule has 8 aromatic carbocycles. The molecule has 0 amide bonds. The van der Waals surface area contributed by atoms with Crippen LogP contribution < -0.4 is 0 Å². The molecule has 0 fully saturated rings. The summed E-state index contributed by atoms with van der Waals surface area (Å²) in [4.78, 5) is 11.0.